The highest BCUT2D eigenvalue weighted by atomic mass is 15.2. The van der Waals surface area contributed by atoms with Crippen molar-refractivity contribution >= 4 is 24.3 Å². The first-order valence-corrected chi connectivity index (χ1v) is 5.07. The maximum atomic E-state index is 4.45. The van der Waals surface area contributed by atoms with Gasteiger partial charge < -0.3 is 5.32 Å². The molecule has 1 atom stereocenters. The Balaban J connectivity index is 1.81. The first-order chi connectivity index (χ1) is 7.93. The van der Waals surface area contributed by atoms with E-state index in [2.05, 4.69) is 25.3 Å². The van der Waals surface area contributed by atoms with E-state index in [4.69, 9.17) is 0 Å². The molecule has 16 heavy (non-hydrogen) atoms. The van der Waals surface area contributed by atoms with Crippen LogP contribution in [-0.4, -0.2) is 30.4 Å². The molecule has 0 aliphatic carbocycles. The van der Waals surface area contributed by atoms with Gasteiger partial charge in [0.25, 0.3) is 0 Å². The molecule has 2 aliphatic heterocycles. The minimum atomic E-state index is -0.139. The summed E-state index contributed by atoms with van der Waals surface area (Å²) in [6.45, 7) is 0.638. The molecule has 1 N–H and O–H groups in total. The molecule has 0 saturated carbocycles. The summed E-state index contributed by atoms with van der Waals surface area (Å²) in [4.78, 5) is 16.9. The van der Waals surface area contributed by atoms with Gasteiger partial charge >= 0.3 is 0 Å². The number of hydrogen-bond acceptors (Lipinski definition) is 4. The third-order valence-electron chi connectivity index (χ3n) is 2.48. The summed E-state index contributed by atoms with van der Waals surface area (Å²) in [5.74, 6) is 1.52. The Morgan fingerprint density at radius 2 is 2.25 bits per heavy atom. The van der Waals surface area contributed by atoms with E-state index in [1.807, 2.05) is 24.3 Å². The molecule has 3 rings (SSSR count). The molecule has 0 amide bonds. The van der Waals surface area contributed by atoms with Crippen LogP contribution in [0.25, 0.3) is 0 Å². The lowest BCUT2D eigenvalue weighted by molar-refractivity contribution is 1.00. The summed E-state index contributed by atoms with van der Waals surface area (Å²) in [6.07, 6.45) is 3.15. The minimum absolute atomic E-state index is 0.139. The SMILES string of the molecule is C1=NC(=NC[c-]2cccc2)C2N=CN=C2N1. The van der Waals surface area contributed by atoms with Gasteiger partial charge in [-0.3, -0.25) is 9.98 Å². The quantitative estimate of drug-likeness (QED) is 0.722. The fourth-order valence-electron chi connectivity index (χ4n) is 1.66. The Bertz CT molecular complexity index is 492. The average molecular weight is 212 g/mol. The fraction of sp³-hybridized carbons (Fsp3) is 0.182. The number of aliphatic imine (C=N–C) groups is 4. The third-order valence-corrected chi connectivity index (χ3v) is 2.48. The normalized spacial score (nSPS) is 24.4. The van der Waals surface area contributed by atoms with Crippen LogP contribution in [0.4, 0.5) is 0 Å². The average Bonchev–Trinajstić information content (AvgIpc) is 2.97. The predicted molar refractivity (Wildman–Crippen MR) is 64.5 cm³/mol. The van der Waals surface area contributed by atoms with Crippen molar-refractivity contribution in [2.75, 3.05) is 0 Å². The van der Waals surface area contributed by atoms with Gasteiger partial charge in [0.05, 0.1) is 6.34 Å². The van der Waals surface area contributed by atoms with E-state index in [1.165, 1.54) is 5.56 Å². The second-order valence-corrected chi connectivity index (χ2v) is 3.55. The van der Waals surface area contributed by atoms with E-state index >= 15 is 0 Å². The van der Waals surface area contributed by atoms with Crippen molar-refractivity contribution in [1.29, 1.82) is 0 Å². The highest BCUT2D eigenvalue weighted by Crippen LogP contribution is 2.09. The molecule has 2 aliphatic rings. The predicted octanol–water partition coefficient (Wildman–Crippen LogP) is 0.744. The van der Waals surface area contributed by atoms with Gasteiger partial charge in [0.2, 0.25) is 0 Å². The number of fused-ring (bicyclic) bond motifs is 1. The molecule has 1 aromatic carbocycles. The number of nitrogens with zero attached hydrogens (tertiary/aromatic N) is 4. The lowest BCUT2D eigenvalue weighted by atomic mass is 10.2. The topological polar surface area (TPSA) is 61.5 Å². The molecule has 5 heteroatoms. The van der Waals surface area contributed by atoms with Crippen molar-refractivity contribution in [3.05, 3.63) is 29.8 Å². The number of nitrogens with one attached hydrogen (secondary N) is 1. The zero-order chi connectivity index (χ0) is 10.8. The van der Waals surface area contributed by atoms with E-state index in [1.54, 1.807) is 12.7 Å². The zero-order valence-corrected chi connectivity index (χ0v) is 8.54. The maximum absolute atomic E-state index is 4.45. The molecular weight excluding hydrogens is 202 g/mol. The Labute approximate surface area is 92.7 Å². The van der Waals surface area contributed by atoms with Crippen molar-refractivity contribution in [3.8, 4) is 0 Å². The van der Waals surface area contributed by atoms with Gasteiger partial charge in [0, 0.05) is 6.54 Å². The summed E-state index contributed by atoms with van der Waals surface area (Å²) in [6, 6.07) is 7.95. The summed E-state index contributed by atoms with van der Waals surface area (Å²) in [5.41, 5.74) is 1.18. The highest BCUT2D eigenvalue weighted by molar-refractivity contribution is 6.21. The third kappa shape index (κ3) is 1.56. The second-order valence-electron chi connectivity index (χ2n) is 3.55. The van der Waals surface area contributed by atoms with Gasteiger partial charge in [-0.2, -0.15) is 12.1 Å². The lowest BCUT2D eigenvalue weighted by Crippen LogP contribution is -2.40. The van der Waals surface area contributed by atoms with Gasteiger partial charge in [-0.05, 0) is 0 Å². The molecule has 0 bridgehead atoms. The van der Waals surface area contributed by atoms with Crippen LogP contribution < -0.4 is 5.32 Å². The zero-order valence-electron chi connectivity index (χ0n) is 8.54. The van der Waals surface area contributed by atoms with E-state index in [0.29, 0.717) is 12.4 Å². The Hall–Kier alpha value is -2.17. The van der Waals surface area contributed by atoms with Gasteiger partial charge in [0.1, 0.15) is 12.2 Å². The van der Waals surface area contributed by atoms with E-state index in [-0.39, 0.29) is 6.04 Å². The first kappa shape index (κ1) is 9.08. The van der Waals surface area contributed by atoms with Crippen LogP contribution in [-0.2, 0) is 6.54 Å². The molecule has 0 radical (unpaired) electrons. The van der Waals surface area contributed by atoms with Crippen molar-refractivity contribution in [2.45, 2.75) is 12.6 Å². The van der Waals surface area contributed by atoms with Crippen molar-refractivity contribution in [3.63, 3.8) is 0 Å². The largest absolute Gasteiger partial charge is 0.332 e. The maximum Gasteiger partial charge on any atom is 0.168 e. The second kappa shape index (κ2) is 3.77. The Kier molecular flexibility index (Phi) is 2.14. The molecule has 2 heterocycles. The van der Waals surface area contributed by atoms with Crippen LogP contribution in [0.2, 0.25) is 0 Å². The Morgan fingerprint density at radius 1 is 1.38 bits per heavy atom. The summed E-state index contributed by atoms with van der Waals surface area (Å²) in [7, 11) is 0. The smallest absolute Gasteiger partial charge is 0.168 e. The first-order valence-electron chi connectivity index (χ1n) is 5.07. The van der Waals surface area contributed by atoms with Gasteiger partial charge in [0.15, 0.2) is 11.9 Å². The fourth-order valence-corrected chi connectivity index (χ4v) is 1.66. The van der Waals surface area contributed by atoms with Crippen molar-refractivity contribution < 1.29 is 0 Å². The van der Waals surface area contributed by atoms with Crippen LogP contribution in [0.1, 0.15) is 5.56 Å². The molecule has 0 aromatic heterocycles. The minimum Gasteiger partial charge on any atom is -0.332 e. The van der Waals surface area contributed by atoms with Gasteiger partial charge in [-0.1, -0.05) is 0 Å². The molecule has 0 saturated heterocycles. The summed E-state index contributed by atoms with van der Waals surface area (Å²) >= 11 is 0. The van der Waals surface area contributed by atoms with Gasteiger partial charge in [-0.25, -0.2) is 22.1 Å². The van der Waals surface area contributed by atoms with Crippen LogP contribution in [0, 0.1) is 0 Å². The molecular formula is C11H10N5-. The van der Waals surface area contributed by atoms with Crippen molar-refractivity contribution in [2.24, 2.45) is 20.0 Å². The van der Waals surface area contributed by atoms with E-state index < -0.39 is 0 Å². The molecule has 80 valence electrons. The summed E-state index contributed by atoms with van der Waals surface area (Å²) < 4.78 is 0. The standard InChI is InChI=1S/C11H10N5/c1-2-4-8(3-1)5-12-10-9-11(14-6-13-9)16-7-15-10/h1-4,6-7,9H,5H2,(H,12,13,14,15,16)/q-1. The number of rotatable bonds is 2. The Morgan fingerprint density at radius 3 is 3.12 bits per heavy atom. The molecule has 0 spiro atoms. The molecule has 5 nitrogen and oxygen atoms in total. The molecule has 0 fully saturated rings. The van der Waals surface area contributed by atoms with Gasteiger partial charge in [-0.15, -0.1) is 5.56 Å². The van der Waals surface area contributed by atoms with Crippen LogP contribution in [0.15, 0.2) is 44.2 Å². The molecule has 1 unspecified atom stereocenters. The molecule has 1 aromatic rings. The highest BCUT2D eigenvalue weighted by Gasteiger charge is 2.25. The van der Waals surface area contributed by atoms with Crippen LogP contribution in [0.5, 0.6) is 0 Å². The summed E-state index contributed by atoms with van der Waals surface area (Å²) in [5, 5.41) is 2.96. The monoisotopic (exact) mass is 212 g/mol. The van der Waals surface area contributed by atoms with Crippen LogP contribution >= 0.6 is 0 Å². The van der Waals surface area contributed by atoms with Crippen LogP contribution in [0.3, 0.4) is 0 Å². The van der Waals surface area contributed by atoms with E-state index in [9.17, 15) is 0 Å². The number of amidine groups is 2. The lowest BCUT2D eigenvalue weighted by Gasteiger charge is -2.15. The number of hydrogen-bond donors (Lipinski definition) is 1. The van der Waals surface area contributed by atoms with Crippen molar-refractivity contribution in [1.82, 2.24) is 5.32 Å². The van der Waals surface area contributed by atoms with E-state index in [0.717, 1.165) is 5.84 Å².